The van der Waals surface area contributed by atoms with Gasteiger partial charge < -0.3 is 19.5 Å². The zero-order chi connectivity index (χ0) is 32.1. The van der Waals surface area contributed by atoms with Gasteiger partial charge in [-0.2, -0.15) is 26.3 Å². The van der Waals surface area contributed by atoms with Crippen LogP contribution in [0.1, 0.15) is 32.6 Å². The number of nitrogens with zero attached hydrogens (tertiary/aromatic N) is 3. The summed E-state index contributed by atoms with van der Waals surface area (Å²) in [5.74, 6) is -0.851. The van der Waals surface area contributed by atoms with Gasteiger partial charge in [-0.1, -0.05) is 24.3 Å². The molecule has 2 fully saturated rings. The molecule has 0 aromatic heterocycles. The summed E-state index contributed by atoms with van der Waals surface area (Å²) in [5.41, 5.74) is -2.41. The van der Waals surface area contributed by atoms with Crippen molar-refractivity contribution in [1.82, 2.24) is 14.7 Å². The topological polar surface area (TPSA) is 65.5 Å². The third kappa shape index (κ3) is 10.7. The van der Waals surface area contributed by atoms with Gasteiger partial charge in [-0.25, -0.2) is 0 Å². The van der Waals surface area contributed by atoms with Crippen molar-refractivity contribution in [3.63, 3.8) is 0 Å². The van der Waals surface area contributed by atoms with Crippen LogP contribution >= 0.6 is 24.8 Å². The number of carbonyl (C=O) groups excluding carboxylic acids is 1. The van der Waals surface area contributed by atoms with Gasteiger partial charge in [0.05, 0.1) is 30.4 Å². The van der Waals surface area contributed by atoms with E-state index in [-0.39, 0.29) is 55.7 Å². The van der Waals surface area contributed by atoms with E-state index < -0.39 is 41.0 Å². The number of benzene rings is 2. The highest BCUT2D eigenvalue weighted by Crippen LogP contribution is 2.37. The van der Waals surface area contributed by atoms with E-state index in [1.165, 1.54) is 4.90 Å². The maximum atomic E-state index is 13.6. The second-order valence-electron chi connectivity index (χ2n) is 11.2. The monoisotopic (exact) mass is 701 g/mol. The van der Waals surface area contributed by atoms with Crippen LogP contribution in [-0.2, 0) is 28.2 Å². The third-order valence-electron chi connectivity index (χ3n) is 7.88. The number of hydrogen-bond donors (Lipinski definition) is 1. The Balaban J connectivity index is 0.00000368. The van der Waals surface area contributed by atoms with Gasteiger partial charge in [0, 0.05) is 64.5 Å². The van der Waals surface area contributed by atoms with Crippen LogP contribution in [0.25, 0.3) is 0 Å². The third-order valence-corrected chi connectivity index (χ3v) is 7.88. The summed E-state index contributed by atoms with van der Waals surface area (Å²) in [6.07, 6.45) is -5.81. The Hall–Kier alpha value is -2.55. The molecule has 0 saturated carbocycles. The number of phenolic OH excluding ortho intramolecular Hbond substituents is 1. The van der Waals surface area contributed by atoms with Crippen molar-refractivity contribution in [3.05, 3.63) is 76.4 Å². The Morgan fingerprint density at radius 1 is 0.935 bits per heavy atom. The average molecular weight is 703 g/mol. The van der Waals surface area contributed by atoms with Crippen molar-refractivity contribution >= 4 is 30.7 Å². The number of amides is 1. The Morgan fingerprint density at radius 2 is 1.54 bits per heavy atom. The van der Waals surface area contributed by atoms with E-state index in [0.29, 0.717) is 62.7 Å². The molecule has 0 bridgehead atoms. The molecule has 1 amide bonds. The number of phenols is 1. The molecule has 2 aliphatic rings. The quantitative estimate of drug-likeness (QED) is 0.261. The maximum absolute atomic E-state index is 13.6. The van der Waals surface area contributed by atoms with E-state index in [1.807, 2.05) is 12.2 Å². The number of hydrogen-bond acceptors (Lipinski definition) is 6. The number of rotatable bonds is 9. The predicted molar refractivity (Wildman–Crippen MR) is 166 cm³/mol. The van der Waals surface area contributed by atoms with Crippen molar-refractivity contribution < 1.29 is 45.7 Å². The summed E-state index contributed by atoms with van der Waals surface area (Å²) in [7, 11) is 1.63. The molecule has 2 atom stereocenters. The minimum absolute atomic E-state index is 0. The molecule has 0 aliphatic carbocycles. The summed E-state index contributed by atoms with van der Waals surface area (Å²) in [6, 6.07) is 5.45. The van der Waals surface area contributed by atoms with E-state index in [2.05, 4.69) is 9.80 Å². The maximum Gasteiger partial charge on any atom is 0.416 e. The number of alkyl halides is 6. The molecule has 2 heterocycles. The van der Waals surface area contributed by atoms with Crippen molar-refractivity contribution in [3.8, 4) is 5.75 Å². The number of piperazine rings is 1. The standard InChI is InChI=1S/C31H37F6N3O4.2ClH/c1-21-5-6-22(14-28(21)41)13-26-18-38(7-3-4-8-39-11-12-44-27(19-39)20-43-2)9-10-40(26)29(42)23-15-24(30(32,33)34)17-25(16-23)31(35,36)37;;/h3-6,14-17,26-27,41H,7-13,18-20H2,1-2H3;2*1H/t26-,27+;;/m1../s1. The van der Waals surface area contributed by atoms with Crippen molar-refractivity contribution in [2.75, 3.05) is 66.1 Å². The first-order chi connectivity index (χ1) is 20.7. The normalized spacial score (nSPS) is 20.0. The van der Waals surface area contributed by atoms with E-state index in [9.17, 15) is 36.2 Å². The first kappa shape index (κ1) is 39.6. The largest absolute Gasteiger partial charge is 0.508 e. The Kier molecular flexibility index (Phi) is 14.7. The molecule has 7 nitrogen and oxygen atoms in total. The number of carbonyl (C=O) groups is 1. The zero-order valence-electron chi connectivity index (χ0n) is 25.4. The van der Waals surface area contributed by atoms with Gasteiger partial charge in [-0.05, 0) is 48.7 Å². The highest BCUT2D eigenvalue weighted by atomic mass is 35.5. The number of aryl methyl sites for hydroxylation is 1. The summed E-state index contributed by atoms with van der Waals surface area (Å²) in [4.78, 5) is 19.3. The molecule has 46 heavy (non-hydrogen) atoms. The number of morpholine rings is 1. The molecule has 15 heteroatoms. The molecule has 0 spiro atoms. The molecular formula is C31H39Cl2F6N3O4. The second kappa shape index (κ2) is 17.0. The molecular weight excluding hydrogens is 663 g/mol. The van der Waals surface area contributed by atoms with Crippen molar-refractivity contribution in [2.45, 2.75) is 37.8 Å². The minimum atomic E-state index is -5.06. The fourth-order valence-corrected chi connectivity index (χ4v) is 5.51. The number of ether oxygens (including phenoxy) is 2. The highest BCUT2D eigenvalue weighted by molar-refractivity contribution is 5.95. The molecule has 2 saturated heterocycles. The van der Waals surface area contributed by atoms with Gasteiger partial charge in [-0.15, -0.1) is 24.8 Å². The Labute approximate surface area is 276 Å². The molecule has 0 radical (unpaired) electrons. The number of aromatic hydroxyl groups is 1. The summed E-state index contributed by atoms with van der Waals surface area (Å²) < 4.78 is 91.9. The predicted octanol–water partition coefficient (Wildman–Crippen LogP) is 5.85. The molecule has 1 N–H and O–H groups in total. The van der Waals surface area contributed by atoms with Crippen LogP contribution in [0.3, 0.4) is 0 Å². The smallest absolute Gasteiger partial charge is 0.416 e. The van der Waals surface area contributed by atoms with E-state index in [1.54, 1.807) is 32.2 Å². The van der Waals surface area contributed by atoms with E-state index in [0.717, 1.165) is 13.1 Å². The lowest BCUT2D eigenvalue weighted by Gasteiger charge is -2.41. The zero-order valence-corrected chi connectivity index (χ0v) is 27.1. The lowest BCUT2D eigenvalue weighted by molar-refractivity contribution is -0.143. The second-order valence-corrected chi connectivity index (χ2v) is 11.2. The summed E-state index contributed by atoms with van der Waals surface area (Å²) in [6.45, 7) is 6.48. The summed E-state index contributed by atoms with van der Waals surface area (Å²) >= 11 is 0. The Bertz CT molecular complexity index is 1290. The van der Waals surface area contributed by atoms with Crippen molar-refractivity contribution in [2.24, 2.45) is 0 Å². The molecule has 4 rings (SSSR count). The van der Waals surface area contributed by atoms with Gasteiger partial charge in [0.2, 0.25) is 0 Å². The lowest BCUT2D eigenvalue weighted by Crippen LogP contribution is -2.56. The van der Waals surface area contributed by atoms with Crippen LogP contribution in [-0.4, -0.2) is 104 Å². The molecule has 2 aromatic carbocycles. The molecule has 2 aromatic rings. The first-order valence-electron chi connectivity index (χ1n) is 14.3. The SMILES string of the molecule is COC[C@@H]1CN(CC=CCN2CCN(C(=O)c3cc(C(F)(F)F)cc(C(F)(F)F)c3)[C@H](Cc3ccc(C)c(O)c3)C2)CCO1.Cl.Cl. The fourth-order valence-electron chi connectivity index (χ4n) is 5.51. The van der Waals surface area contributed by atoms with Gasteiger partial charge in [0.25, 0.3) is 5.91 Å². The molecule has 0 unspecified atom stereocenters. The highest BCUT2D eigenvalue weighted by Gasteiger charge is 2.39. The van der Waals surface area contributed by atoms with E-state index >= 15 is 0 Å². The summed E-state index contributed by atoms with van der Waals surface area (Å²) in [5, 5.41) is 10.2. The Morgan fingerprint density at radius 3 is 2.11 bits per heavy atom. The lowest BCUT2D eigenvalue weighted by atomic mass is 9.98. The first-order valence-corrected chi connectivity index (χ1v) is 14.3. The van der Waals surface area contributed by atoms with Crippen LogP contribution in [0.4, 0.5) is 26.3 Å². The van der Waals surface area contributed by atoms with Gasteiger partial charge >= 0.3 is 12.4 Å². The number of methoxy groups -OCH3 is 1. The average Bonchev–Trinajstić information content (AvgIpc) is 2.96. The number of halogens is 8. The van der Waals surface area contributed by atoms with Gasteiger partial charge in [-0.3, -0.25) is 14.6 Å². The van der Waals surface area contributed by atoms with Crippen LogP contribution in [0, 0.1) is 6.92 Å². The van der Waals surface area contributed by atoms with Gasteiger partial charge in [0.1, 0.15) is 5.75 Å². The van der Waals surface area contributed by atoms with Crippen LogP contribution < -0.4 is 0 Å². The van der Waals surface area contributed by atoms with E-state index in [4.69, 9.17) is 9.47 Å². The molecule has 258 valence electrons. The van der Waals surface area contributed by atoms with Crippen molar-refractivity contribution in [1.29, 1.82) is 0 Å². The fraction of sp³-hybridized carbons (Fsp3) is 0.516. The van der Waals surface area contributed by atoms with Crippen LogP contribution in [0.2, 0.25) is 0 Å². The molecule has 2 aliphatic heterocycles. The van der Waals surface area contributed by atoms with Gasteiger partial charge in [0.15, 0.2) is 0 Å². The van der Waals surface area contributed by atoms with Crippen LogP contribution in [0.15, 0.2) is 48.6 Å². The minimum Gasteiger partial charge on any atom is -0.508 e. The van der Waals surface area contributed by atoms with Crippen LogP contribution in [0.5, 0.6) is 5.75 Å².